The standard InChI is InChI=1S/C12H9N5OS/c13-12-17-16-11(19-12)10(18)15-8-5-7-3-1-2-4-9(7)14-6-8/h1-6H,(H2,13,17)(H,15,18). The van der Waals surface area contributed by atoms with Crippen molar-refractivity contribution in [1.29, 1.82) is 0 Å². The molecular formula is C12H9N5OS. The summed E-state index contributed by atoms with van der Waals surface area (Å²) in [6.45, 7) is 0. The third kappa shape index (κ3) is 2.36. The van der Waals surface area contributed by atoms with Crippen LogP contribution in [0.5, 0.6) is 0 Å². The molecule has 3 rings (SSSR count). The Morgan fingerprint density at radius 2 is 2.11 bits per heavy atom. The maximum atomic E-state index is 11.9. The van der Waals surface area contributed by atoms with E-state index in [1.807, 2.05) is 30.3 Å². The number of amides is 1. The van der Waals surface area contributed by atoms with Crippen molar-refractivity contribution in [3.8, 4) is 0 Å². The lowest BCUT2D eigenvalue weighted by molar-refractivity contribution is 0.102. The lowest BCUT2D eigenvalue weighted by Crippen LogP contribution is -2.11. The summed E-state index contributed by atoms with van der Waals surface area (Å²) < 4.78 is 0. The van der Waals surface area contributed by atoms with Gasteiger partial charge in [-0.25, -0.2) is 0 Å². The molecule has 0 radical (unpaired) electrons. The Morgan fingerprint density at radius 3 is 2.89 bits per heavy atom. The Hall–Kier alpha value is -2.54. The number of nitrogen functional groups attached to an aromatic ring is 1. The topological polar surface area (TPSA) is 93.8 Å². The molecule has 0 spiro atoms. The van der Waals surface area contributed by atoms with Gasteiger partial charge >= 0.3 is 0 Å². The monoisotopic (exact) mass is 271 g/mol. The fourth-order valence-electron chi connectivity index (χ4n) is 1.65. The van der Waals surface area contributed by atoms with Crippen molar-refractivity contribution < 1.29 is 4.79 Å². The van der Waals surface area contributed by atoms with Crippen LogP contribution in [0.3, 0.4) is 0 Å². The van der Waals surface area contributed by atoms with E-state index < -0.39 is 0 Å². The normalized spacial score (nSPS) is 10.5. The van der Waals surface area contributed by atoms with Crippen molar-refractivity contribution in [2.24, 2.45) is 0 Å². The number of para-hydroxylation sites is 1. The number of fused-ring (bicyclic) bond motifs is 1. The summed E-state index contributed by atoms with van der Waals surface area (Å²) in [5.74, 6) is -0.341. The number of carbonyl (C=O) groups excluding carboxylic acids is 1. The zero-order chi connectivity index (χ0) is 13.2. The summed E-state index contributed by atoms with van der Waals surface area (Å²) in [6.07, 6.45) is 1.60. The molecule has 0 bridgehead atoms. The van der Waals surface area contributed by atoms with Crippen LogP contribution in [-0.2, 0) is 0 Å². The predicted octanol–water partition coefficient (Wildman–Crippen LogP) is 1.92. The number of pyridine rings is 1. The van der Waals surface area contributed by atoms with Gasteiger partial charge in [0.25, 0.3) is 5.91 Å². The molecule has 7 heteroatoms. The van der Waals surface area contributed by atoms with E-state index >= 15 is 0 Å². The average molecular weight is 271 g/mol. The first-order valence-corrected chi connectivity index (χ1v) is 6.29. The second kappa shape index (κ2) is 4.62. The molecule has 0 aliphatic rings. The van der Waals surface area contributed by atoms with Gasteiger partial charge in [0.2, 0.25) is 10.1 Å². The highest BCUT2D eigenvalue weighted by atomic mass is 32.1. The third-order valence-electron chi connectivity index (χ3n) is 2.48. The number of aromatic nitrogens is 3. The van der Waals surface area contributed by atoms with Gasteiger partial charge in [0.1, 0.15) is 0 Å². The molecular weight excluding hydrogens is 262 g/mol. The molecule has 1 amide bonds. The minimum absolute atomic E-state index is 0.227. The summed E-state index contributed by atoms with van der Waals surface area (Å²) in [5.41, 5.74) is 6.92. The molecule has 3 N–H and O–H groups in total. The second-order valence-corrected chi connectivity index (χ2v) is 4.83. The van der Waals surface area contributed by atoms with Gasteiger partial charge in [-0.2, -0.15) is 0 Å². The van der Waals surface area contributed by atoms with Crippen LogP contribution in [0.4, 0.5) is 10.8 Å². The molecule has 0 aliphatic carbocycles. The number of nitrogens with one attached hydrogen (secondary N) is 1. The molecule has 0 saturated carbocycles. The Balaban J connectivity index is 1.87. The Morgan fingerprint density at radius 1 is 1.26 bits per heavy atom. The predicted molar refractivity (Wildman–Crippen MR) is 74.0 cm³/mol. The first-order chi connectivity index (χ1) is 9.22. The second-order valence-electron chi connectivity index (χ2n) is 3.82. The summed E-state index contributed by atoms with van der Waals surface area (Å²) in [7, 11) is 0. The Kier molecular flexibility index (Phi) is 2.81. The van der Waals surface area contributed by atoms with Gasteiger partial charge in [-0.05, 0) is 12.1 Å². The highest BCUT2D eigenvalue weighted by Crippen LogP contribution is 2.18. The zero-order valence-corrected chi connectivity index (χ0v) is 10.5. The Bertz CT molecular complexity index is 754. The molecule has 2 aromatic heterocycles. The number of benzene rings is 1. The van der Waals surface area contributed by atoms with E-state index in [0.717, 1.165) is 22.2 Å². The van der Waals surface area contributed by atoms with Gasteiger partial charge in [-0.1, -0.05) is 29.5 Å². The fourth-order valence-corrected chi connectivity index (χ4v) is 2.16. The maximum absolute atomic E-state index is 11.9. The molecule has 0 fully saturated rings. The molecule has 6 nitrogen and oxygen atoms in total. The van der Waals surface area contributed by atoms with Gasteiger partial charge < -0.3 is 11.1 Å². The van der Waals surface area contributed by atoms with Gasteiger partial charge in [0.15, 0.2) is 0 Å². The first kappa shape index (κ1) is 11.5. The van der Waals surface area contributed by atoms with E-state index in [9.17, 15) is 4.79 Å². The Labute approximate surface area is 112 Å². The number of rotatable bonds is 2. The van der Waals surface area contributed by atoms with Gasteiger partial charge in [-0.3, -0.25) is 9.78 Å². The van der Waals surface area contributed by atoms with Crippen LogP contribution in [0.25, 0.3) is 10.9 Å². The van der Waals surface area contributed by atoms with E-state index in [0.29, 0.717) is 5.69 Å². The number of nitrogens with two attached hydrogens (primary N) is 1. The highest BCUT2D eigenvalue weighted by Gasteiger charge is 2.12. The molecule has 3 aromatic rings. The van der Waals surface area contributed by atoms with Gasteiger partial charge in [0, 0.05) is 5.39 Å². The zero-order valence-electron chi connectivity index (χ0n) is 9.70. The number of carbonyl (C=O) groups is 1. The molecule has 0 unspecified atom stereocenters. The van der Waals surface area contributed by atoms with E-state index in [1.165, 1.54) is 0 Å². The molecule has 0 aliphatic heterocycles. The molecule has 94 valence electrons. The number of anilines is 2. The molecule has 1 aromatic carbocycles. The van der Waals surface area contributed by atoms with E-state index in [4.69, 9.17) is 5.73 Å². The summed E-state index contributed by atoms with van der Waals surface area (Å²) >= 11 is 1.04. The van der Waals surface area contributed by atoms with E-state index in [1.54, 1.807) is 6.20 Å². The van der Waals surface area contributed by atoms with Gasteiger partial charge in [-0.15, -0.1) is 10.2 Å². The quantitative estimate of drug-likeness (QED) is 0.742. The SMILES string of the molecule is Nc1nnc(C(=O)Nc2cnc3ccccc3c2)s1. The lowest BCUT2D eigenvalue weighted by atomic mass is 10.2. The average Bonchev–Trinajstić information content (AvgIpc) is 2.85. The van der Waals surface area contributed by atoms with Crippen molar-refractivity contribution in [1.82, 2.24) is 15.2 Å². The maximum Gasteiger partial charge on any atom is 0.286 e. The van der Waals surface area contributed by atoms with E-state index in [-0.39, 0.29) is 16.0 Å². The van der Waals surface area contributed by atoms with Crippen molar-refractivity contribution in [2.75, 3.05) is 11.1 Å². The van der Waals surface area contributed by atoms with Crippen LogP contribution < -0.4 is 11.1 Å². The minimum Gasteiger partial charge on any atom is -0.374 e. The number of hydrogen-bond acceptors (Lipinski definition) is 6. The lowest BCUT2D eigenvalue weighted by Gasteiger charge is -2.03. The molecule has 0 saturated heterocycles. The van der Waals surface area contributed by atoms with Crippen LogP contribution in [-0.4, -0.2) is 21.1 Å². The van der Waals surface area contributed by atoms with Gasteiger partial charge in [0.05, 0.1) is 17.4 Å². The van der Waals surface area contributed by atoms with Crippen molar-refractivity contribution in [3.05, 3.63) is 41.5 Å². The summed E-state index contributed by atoms with van der Waals surface area (Å²) in [6, 6.07) is 9.52. The molecule has 2 heterocycles. The number of nitrogens with zero attached hydrogens (tertiary/aromatic N) is 3. The smallest absolute Gasteiger partial charge is 0.286 e. The van der Waals surface area contributed by atoms with Crippen molar-refractivity contribution >= 4 is 39.0 Å². The van der Waals surface area contributed by atoms with Crippen LogP contribution in [0.1, 0.15) is 9.80 Å². The van der Waals surface area contributed by atoms with E-state index in [2.05, 4.69) is 20.5 Å². The van der Waals surface area contributed by atoms with Crippen molar-refractivity contribution in [3.63, 3.8) is 0 Å². The van der Waals surface area contributed by atoms with Crippen LogP contribution in [0.2, 0.25) is 0 Å². The fraction of sp³-hybridized carbons (Fsp3) is 0. The van der Waals surface area contributed by atoms with Crippen LogP contribution >= 0.6 is 11.3 Å². The highest BCUT2D eigenvalue weighted by molar-refractivity contribution is 7.16. The molecule has 0 atom stereocenters. The first-order valence-electron chi connectivity index (χ1n) is 5.47. The van der Waals surface area contributed by atoms with Crippen molar-refractivity contribution in [2.45, 2.75) is 0 Å². The van der Waals surface area contributed by atoms with Crippen LogP contribution in [0, 0.1) is 0 Å². The summed E-state index contributed by atoms with van der Waals surface area (Å²) in [4.78, 5) is 16.1. The third-order valence-corrected chi connectivity index (χ3v) is 3.23. The summed E-state index contributed by atoms with van der Waals surface area (Å²) in [5, 5.41) is 11.4. The minimum atomic E-state index is -0.341. The largest absolute Gasteiger partial charge is 0.374 e. The number of hydrogen-bond donors (Lipinski definition) is 2. The molecule has 19 heavy (non-hydrogen) atoms. The van der Waals surface area contributed by atoms with Crippen LogP contribution in [0.15, 0.2) is 36.5 Å².